The predicted molar refractivity (Wildman–Crippen MR) is 98.0 cm³/mol. The van der Waals surface area contributed by atoms with Crippen LogP contribution in [-0.2, 0) is 21.2 Å². The van der Waals surface area contributed by atoms with Crippen molar-refractivity contribution in [3.8, 4) is 5.75 Å². The zero-order chi connectivity index (χ0) is 21.2. The molecule has 11 heteroatoms. The molecule has 0 amide bonds. The number of carbonyl (C=O) groups excluding carboxylic acids is 1. The Balaban J connectivity index is 1.86. The molecule has 2 aromatic rings. The molecule has 0 spiro atoms. The van der Waals surface area contributed by atoms with Gasteiger partial charge in [0.25, 0.3) is 0 Å². The van der Waals surface area contributed by atoms with Crippen LogP contribution in [0.3, 0.4) is 0 Å². The molecule has 1 fully saturated rings. The Morgan fingerprint density at radius 2 is 1.90 bits per heavy atom. The molecular weight excluding hydrogens is 433 g/mol. The van der Waals surface area contributed by atoms with Gasteiger partial charge >= 0.3 is 6.36 Å². The Morgan fingerprint density at radius 3 is 2.52 bits per heavy atom. The Kier molecular flexibility index (Phi) is 6.16. The summed E-state index contributed by atoms with van der Waals surface area (Å²) in [4.78, 5) is 15.7. The van der Waals surface area contributed by atoms with E-state index in [4.69, 9.17) is 11.6 Å². The van der Waals surface area contributed by atoms with Crippen LogP contribution in [0.1, 0.15) is 18.4 Å². The molecule has 2 heterocycles. The number of nitrogens with zero attached hydrogens (tertiary/aromatic N) is 2. The Bertz CT molecular complexity index is 997. The first-order valence-corrected chi connectivity index (χ1v) is 10.4. The first-order valence-electron chi connectivity index (χ1n) is 8.55. The van der Waals surface area contributed by atoms with Crippen molar-refractivity contribution in [2.24, 2.45) is 0 Å². The van der Waals surface area contributed by atoms with Crippen LogP contribution < -0.4 is 4.74 Å². The molecule has 0 radical (unpaired) electrons. The molecule has 0 aliphatic carbocycles. The highest BCUT2D eigenvalue weighted by Crippen LogP contribution is 2.29. The molecule has 1 aromatic heterocycles. The SMILES string of the molecule is O=C1CCN(S(=O)(=O)c2ccc(OC(F)(F)F)cc2)C(Cc2cccnc2Cl)C1. The third-order valence-electron chi connectivity index (χ3n) is 4.44. The van der Waals surface area contributed by atoms with Crippen LogP contribution in [0.25, 0.3) is 0 Å². The van der Waals surface area contributed by atoms with Crippen molar-refractivity contribution >= 4 is 27.4 Å². The van der Waals surface area contributed by atoms with Gasteiger partial charge in [0.1, 0.15) is 16.7 Å². The summed E-state index contributed by atoms with van der Waals surface area (Å²) in [6.07, 6.45) is -3.11. The van der Waals surface area contributed by atoms with Crippen molar-refractivity contribution < 1.29 is 31.1 Å². The van der Waals surface area contributed by atoms with Gasteiger partial charge in [-0.3, -0.25) is 4.79 Å². The molecule has 1 saturated heterocycles. The third-order valence-corrected chi connectivity index (χ3v) is 6.74. The van der Waals surface area contributed by atoms with Crippen LogP contribution in [0.4, 0.5) is 13.2 Å². The van der Waals surface area contributed by atoms with Gasteiger partial charge in [0.05, 0.1) is 4.90 Å². The molecule has 1 aromatic carbocycles. The number of benzene rings is 1. The maximum atomic E-state index is 13.1. The van der Waals surface area contributed by atoms with Gasteiger partial charge in [-0.05, 0) is 42.3 Å². The zero-order valence-corrected chi connectivity index (χ0v) is 16.5. The summed E-state index contributed by atoms with van der Waals surface area (Å²) in [5.41, 5.74) is 0.600. The van der Waals surface area contributed by atoms with Crippen molar-refractivity contribution in [2.75, 3.05) is 6.54 Å². The highest BCUT2D eigenvalue weighted by molar-refractivity contribution is 7.89. The largest absolute Gasteiger partial charge is 0.573 e. The minimum atomic E-state index is -4.87. The summed E-state index contributed by atoms with van der Waals surface area (Å²) in [6.45, 7) is -0.0233. The van der Waals surface area contributed by atoms with E-state index in [2.05, 4.69) is 9.72 Å². The molecule has 6 nitrogen and oxygen atoms in total. The van der Waals surface area contributed by atoms with Crippen molar-refractivity contribution in [1.82, 2.24) is 9.29 Å². The number of piperidine rings is 1. The maximum Gasteiger partial charge on any atom is 0.573 e. The molecule has 0 bridgehead atoms. The van der Waals surface area contributed by atoms with Crippen LogP contribution in [0.2, 0.25) is 5.15 Å². The van der Waals surface area contributed by atoms with Crippen LogP contribution in [0.15, 0.2) is 47.5 Å². The van der Waals surface area contributed by atoms with Gasteiger partial charge in [0.2, 0.25) is 10.0 Å². The van der Waals surface area contributed by atoms with Crippen molar-refractivity contribution in [3.63, 3.8) is 0 Å². The number of ketones is 1. The fraction of sp³-hybridized carbons (Fsp3) is 0.333. The van der Waals surface area contributed by atoms with Gasteiger partial charge < -0.3 is 4.74 Å². The second-order valence-corrected chi connectivity index (χ2v) is 8.69. The van der Waals surface area contributed by atoms with Gasteiger partial charge in [-0.25, -0.2) is 13.4 Å². The second-order valence-electron chi connectivity index (χ2n) is 6.44. The molecule has 1 unspecified atom stereocenters. The van der Waals surface area contributed by atoms with Crippen LogP contribution >= 0.6 is 11.6 Å². The molecule has 1 atom stereocenters. The van der Waals surface area contributed by atoms with Crippen LogP contribution in [-0.4, -0.2) is 42.4 Å². The van der Waals surface area contributed by atoms with Crippen molar-refractivity contribution in [3.05, 3.63) is 53.3 Å². The number of halogens is 4. The molecule has 1 aliphatic heterocycles. The molecule has 3 rings (SSSR count). The Labute approximate surface area is 170 Å². The highest BCUT2D eigenvalue weighted by atomic mass is 35.5. The molecule has 0 saturated carbocycles. The first kappa shape index (κ1) is 21.5. The van der Waals surface area contributed by atoms with Gasteiger partial charge in [-0.1, -0.05) is 17.7 Å². The number of carbonyl (C=O) groups is 1. The summed E-state index contributed by atoms with van der Waals surface area (Å²) in [5.74, 6) is -0.598. The number of ether oxygens (including phenoxy) is 1. The van der Waals surface area contributed by atoms with E-state index in [1.165, 1.54) is 10.5 Å². The molecule has 0 N–H and O–H groups in total. The molecular formula is C18H16ClF3N2O4S. The van der Waals surface area contributed by atoms with Gasteiger partial charge in [0, 0.05) is 31.6 Å². The average Bonchev–Trinajstić information content (AvgIpc) is 2.63. The first-order chi connectivity index (χ1) is 13.6. The lowest BCUT2D eigenvalue weighted by molar-refractivity contribution is -0.274. The number of rotatable bonds is 5. The van der Waals surface area contributed by atoms with E-state index in [9.17, 15) is 26.4 Å². The summed E-state index contributed by atoms with van der Waals surface area (Å²) >= 11 is 6.06. The second kappa shape index (κ2) is 8.29. The van der Waals surface area contributed by atoms with E-state index in [1.54, 1.807) is 12.1 Å². The standard InChI is InChI=1S/C18H16ClF3N2O4S/c19-17-12(2-1-8-23-17)10-13-11-14(25)7-9-24(13)29(26,27)16-5-3-15(4-6-16)28-18(20,21)22/h1-6,8,13H,7,9-11H2. The third kappa shape index (κ3) is 5.26. The number of sulfonamides is 1. The zero-order valence-electron chi connectivity index (χ0n) is 14.9. The molecule has 1 aliphatic rings. The summed E-state index contributed by atoms with van der Waals surface area (Å²) < 4.78 is 68.0. The van der Waals surface area contributed by atoms with Crippen molar-refractivity contribution in [1.29, 1.82) is 0 Å². The minimum absolute atomic E-state index is 0.0136. The number of alkyl halides is 3. The van der Waals surface area contributed by atoms with Crippen molar-refractivity contribution in [2.45, 2.75) is 36.6 Å². The van der Waals surface area contributed by atoms with E-state index in [0.717, 1.165) is 24.3 Å². The smallest absolute Gasteiger partial charge is 0.406 e. The quantitative estimate of drug-likeness (QED) is 0.653. The fourth-order valence-electron chi connectivity index (χ4n) is 3.15. The number of Topliss-reactive ketones (excluding diaryl/α,β-unsaturated/α-hetero) is 1. The molecule has 29 heavy (non-hydrogen) atoms. The minimum Gasteiger partial charge on any atom is -0.406 e. The van der Waals surface area contributed by atoms with Crippen LogP contribution in [0, 0.1) is 0 Å². The lowest BCUT2D eigenvalue weighted by Gasteiger charge is -2.34. The fourth-order valence-corrected chi connectivity index (χ4v) is 4.97. The summed E-state index contributed by atoms with van der Waals surface area (Å²) in [5, 5.41) is 0.219. The highest BCUT2D eigenvalue weighted by Gasteiger charge is 2.37. The van der Waals surface area contributed by atoms with E-state index < -0.39 is 28.2 Å². The topological polar surface area (TPSA) is 76.6 Å². The lowest BCUT2D eigenvalue weighted by atomic mass is 9.98. The Morgan fingerprint density at radius 1 is 1.21 bits per heavy atom. The van der Waals surface area contributed by atoms with Gasteiger partial charge in [0.15, 0.2) is 0 Å². The van der Waals surface area contributed by atoms with Gasteiger partial charge in [-0.15, -0.1) is 13.2 Å². The average molecular weight is 449 g/mol. The monoisotopic (exact) mass is 448 g/mol. The summed E-state index contributed by atoms with van der Waals surface area (Å²) in [6, 6.07) is 6.63. The maximum absolute atomic E-state index is 13.1. The van der Waals surface area contributed by atoms with Gasteiger partial charge in [-0.2, -0.15) is 4.31 Å². The van der Waals surface area contributed by atoms with E-state index >= 15 is 0 Å². The van der Waals surface area contributed by atoms with E-state index in [0.29, 0.717) is 5.56 Å². The normalized spacial score (nSPS) is 18.6. The number of aromatic nitrogens is 1. The predicted octanol–water partition coefficient (Wildman–Crippen LogP) is 3.60. The Hall–Kier alpha value is -2.17. The van der Waals surface area contributed by atoms with E-state index in [1.807, 2.05) is 0 Å². The summed E-state index contributed by atoms with van der Waals surface area (Å²) in [7, 11) is -4.05. The van der Waals surface area contributed by atoms with Crippen LogP contribution in [0.5, 0.6) is 5.75 Å². The number of hydrogen-bond acceptors (Lipinski definition) is 5. The molecule has 156 valence electrons. The lowest BCUT2D eigenvalue weighted by Crippen LogP contribution is -2.47. The number of pyridine rings is 1. The number of hydrogen-bond donors (Lipinski definition) is 0. The van der Waals surface area contributed by atoms with E-state index in [-0.39, 0.29) is 41.6 Å².